The third-order valence-corrected chi connectivity index (χ3v) is 2.51. The average molecular weight is 260 g/mol. The molecule has 0 saturated carbocycles. The number of rotatable bonds is 5. The standard InChI is InChI=1S/C13H16N4O2/c1-9-7-12(16-13(15-9)17-14)19-8-10-3-5-11(18-2)6-4-10/h3-7H,8,14H2,1-2H3,(H,15,16,17). The fraction of sp³-hybridized carbons (Fsp3) is 0.231. The van der Waals surface area contributed by atoms with Gasteiger partial charge in [-0.2, -0.15) is 4.98 Å². The zero-order chi connectivity index (χ0) is 13.7. The average Bonchev–Trinajstić information content (AvgIpc) is 2.45. The summed E-state index contributed by atoms with van der Waals surface area (Å²) in [5.74, 6) is 6.92. The summed E-state index contributed by atoms with van der Waals surface area (Å²) in [4.78, 5) is 8.19. The molecule has 3 N–H and O–H groups in total. The third-order valence-electron chi connectivity index (χ3n) is 2.51. The van der Waals surface area contributed by atoms with E-state index in [-0.39, 0.29) is 0 Å². The molecule has 0 aliphatic rings. The molecular formula is C13H16N4O2. The Kier molecular flexibility index (Phi) is 4.15. The number of nitrogen functional groups attached to an aromatic ring is 1. The second-order valence-corrected chi connectivity index (χ2v) is 3.95. The molecule has 0 bridgehead atoms. The number of hydrogen-bond acceptors (Lipinski definition) is 6. The molecule has 0 atom stereocenters. The molecule has 0 aliphatic heterocycles. The second-order valence-electron chi connectivity index (χ2n) is 3.95. The van der Waals surface area contributed by atoms with E-state index in [9.17, 15) is 0 Å². The van der Waals surface area contributed by atoms with Gasteiger partial charge in [0, 0.05) is 11.8 Å². The Hall–Kier alpha value is -2.34. The van der Waals surface area contributed by atoms with E-state index < -0.39 is 0 Å². The fourth-order valence-electron chi connectivity index (χ4n) is 1.56. The number of ether oxygens (including phenoxy) is 2. The van der Waals surface area contributed by atoms with Gasteiger partial charge in [0.25, 0.3) is 0 Å². The highest BCUT2D eigenvalue weighted by Gasteiger charge is 2.02. The van der Waals surface area contributed by atoms with Crippen LogP contribution >= 0.6 is 0 Å². The fourth-order valence-corrected chi connectivity index (χ4v) is 1.56. The van der Waals surface area contributed by atoms with Crippen molar-refractivity contribution in [2.75, 3.05) is 12.5 Å². The van der Waals surface area contributed by atoms with E-state index in [0.29, 0.717) is 18.4 Å². The van der Waals surface area contributed by atoms with Crippen LogP contribution in [-0.2, 0) is 6.61 Å². The quantitative estimate of drug-likeness (QED) is 0.628. The number of nitrogens with one attached hydrogen (secondary N) is 1. The summed E-state index contributed by atoms with van der Waals surface area (Å²) in [6.45, 7) is 2.27. The molecule has 1 aromatic heterocycles. The lowest BCUT2D eigenvalue weighted by molar-refractivity contribution is 0.293. The topological polar surface area (TPSA) is 82.3 Å². The van der Waals surface area contributed by atoms with Crippen molar-refractivity contribution in [2.45, 2.75) is 13.5 Å². The molecule has 1 aromatic carbocycles. The number of methoxy groups -OCH3 is 1. The summed E-state index contributed by atoms with van der Waals surface area (Å²) >= 11 is 0. The highest BCUT2D eigenvalue weighted by atomic mass is 16.5. The minimum atomic E-state index is 0.338. The van der Waals surface area contributed by atoms with Gasteiger partial charge in [0.1, 0.15) is 12.4 Å². The Balaban J connectivity index is 2.03. The summed E-state index contributed by atoms with van der Waals surface area (Å²) in [5.41, 5.74) is 4.21. The molecule has 6 nitrogen and oxygen atoms in total. The Morgan fingerprint density at radius 3 is 2.58 bits per heavy atom. The van der Waals surface area contributed by atoms with E-state index in [1.54, 1.807) is 13.2 Å². The zero-order valence-electron chi connectivity index (χ0n) is 10.9. The summed E-state index contributed by atoms with van der Waals surface area (Å²) in [5, 5.41) is 0. The molecule has 6 heteroatoms. The molecule has 2 aromatic rings. The van der Waals surface area contributed by atoms with Crippen LogP contribution in [0.2, 0.25) is 0 Å². The first kappa shape index (κ1) is 13.1. The van der Waals surface area contributed by atoms with Crippen molar-refractivity contribution in [3.8, 4) is 11.6 Å². The van der Waals surface area contributed by atoms with Crippen LogP contribution in [0.1, 0.15) is 11.3 Å². The first-order valence-corrected chi connectivity index (χ1v) is 5.79. The third kappa shape index (κ3) is 3.56. The molecule has 0 unspecified atom stereocenters. The van der Waals surface area contributed by atoms with Crippen molar-refractivity contribution >= 4 is 5.95 Å². The van der Waals surface area contributed by atoms with Crippen LogP contribution in [0, 0.1) is 6.92 Å². The molecule has 1 heterocycles. The highest BCUT2D eigenvalue weighted by molar-refractivity contribution is 5.30. The van der Waals surface area contributed by atoms with Crippen LogP contribution in [0.4, 0.5) is 5.95 Å². The van der Waals surface area contributed by atoms with Gasteiger partial charge in [-0.3, -0.25) is 5.43 Å². The number of nitrogens with zero attached hydrogens (tertiary/aromatic N) is 2. The first-order valence-electron chi connectivity index (χ1n) is 5.79. The summed E-state index contributed by atoms with van der Waals surface area (Å²) in [7, 11) is 1.64. The van der Waals surface area contributed by atoms with Gasteiger partial charge in [-0.05, 0) is 24.6 Å². The van der Waals surface area contributed by atoms with E-state index >= 15 is 0 Å². The van der Waals surface area contributed by atoms with Crippen LogP contribution < -0.4 is 20.7 Å². The van der Waals surface area contributed by atoms with Crippen LogP contribution in [0.3, 0.4) is 0 Å². The van der Waals surface area contributed by atoms with E-state index in [4.69, 9.17) is 15.3 Å². The predicted octanol–water partition coefficient (Wildman–Crippen LogP) is 1.66. The minimum Gasteiger partial charge on any atom is -0.497 e. The monoisotopic (exact) mass is 260 g/mol. The number of nitrogens with two attached hydrogens (primary N) is 1. The van der Waals surface area contributed by atoms with E-state index in [1.807, 2.05) is 31.2 Å². The smallest absolute Gasteiger partial charge is 0.240 e. The van der Waals surface area contributed by atoms with Crippen molar-refractivity contribution < 1.29 is 9.47 Å². The van der Waals surface area contributed by atoms with Crippen molar-refractivity contribution in [1.29, 1.82) is 0 Å². The number of aryl methyl sites for hydroxylation is 1. The van der Waals surface area contributed by atoms with Gasteiger partial charge < -0.3 is 9.47 Å². The second kappa shape index (κ2) is 6.01. The molecule has 0 spiro atoms. The molecule has 0 radical (unpaired) electrons. The molecule has 0 aliphatic carbocycles. The zero-order valence-corrected chi connectivity index (χ0v) is 10.9. The van der Waals surface area contributed by atoms with Crippen LogP contribution in [0.15, 0.2) is 30.3 Å². The van der Waals surface area contributed by atoms with E-state index in [2.05, 4.69) is 15.4 Å². The van der Waals surface area contributed by atoms with Crippen LogP contribution in [0.5, 0.6) is 11.6 Å². The van der Waals surface area contributed by atoms with E-state index in [1.165, 1.54) is 0 Å². The number of hydrazine groups is 1. The maximum atomic E-state index is 5.60. The first-order chi connectivity index (χ1) is 9.21. The summed E-state index contributed by atoms with van der Waals surface area (Å²) in [6.07, 6.45) is 0. The van der Waals surface area contributed by atoms with Crippen molar-refractivity contribution in [3.63, 3.8) is 0 Å². The number of anilines is 1. The molecule has 0 amide bonds. The molecular weight excluding hydrogens is 244 g/mol. The van der Waals surface area contributed by atoms with Gasteiger partial charge >= 0.3 is 0 Å². The van der Waals surface area contributed by atoms with Crippen LogP contribution in [0.25, 0.3) is 0 Å². The van der Waals surface area contributed by atoms with Gasteiger partial charge in [0.2, 0.25) is 11.8 Å². The Morgan fingerprint density at radius 1 is 1.21 bits per heavy atom. The van der Waals surface area contributed by atoms with Crippen molar-refractivity contribution in [1.82, 2.24) is 9.97 Å². The molecule has 0 saturated heterocycles. The maximum Gasteiger partial charge on any atom is 0.240 e. The van der Waals surface area contributed by atoms with Gasteiger partial charge in [0.05, 0.1) is 7.11 Å². The number of hydrogen-bond donors (Lipinski definition) is 2. The van der Waals surface area contributed by atoms with Gasteiger partial charge in [0.15, 0.2) is 0 Å². The molecule has 100 valence electrons. The van der Waals surface area contributed by atoms with Gasteiger partial charge in [-0.15, -0.1) is 0 Å². The normalized spacial score (nSPS) is 10.1. The lowest BCUT2D eigenvalue weighted by atomic mass is 10.2. The number of aromatic nitrogens is 2. The highest BCUT2D eigenvalue weighted by Crippen LogP contribution is 2.15. The Labute approximate surface area is 111 Å². The molecule has 0 fully saturated rings. The molecule has 19 heavy (non-hydrogen) atoms. The minimum absolute atomic E-state index is 0.338. The molecule has 2 rings (SSSR count). The largest absolute Gasteiger partial charge is 0.497 e. The Bertz CT molecular complexity index is 543. The SMILES string of the molecule is COc1ccc(COc2cc(C)nc(NN)n2)cc1. The van der Waals surface area contributed by atoms with E-state index in [0.717, 1.165) is 17.0 Å². The van der Waals surface area contributed by atoms with Gasteiger partial charge in [-0.1, -0.05) is 12.1 Å². The van der Waals surface area contributed by atoms with Crippen molar-refractivity contribution in [3.05, 3.63) is 41.6 Å². The van der Waals surface area contributed by atoms with Gasteiger partial charge in [-0.25, -0.2) is 10.8 Å². The summed E-state index contributed by atoms with van der Waals surface area (Å²) in [6, 6.07) is 9.40. The summed E-state index contributed by atoms with van der Waals surface area (Å²) < 4.78 is 10.7. The Morgan fingerprint density at radius 2 is 1.95 bits per heavy atom. The number of benzene rings is 1. The predicted molar refractivity (Wildman–Crippen MR) is 71.9 cm³/mol. The lowest BCUT2D eigenvalue weighted by Crippen LogP contribution is -2.11. The lowest BCUT2D eigenvalue weighted by Gasteiger charge is -2.08. The maximum absolute atomic E-state index is 5.60. The van der Waals surface area contributed by atoms with Crippen molar-refractivity contribution in [2.24, 2.45) is 5.84 Å². The van der Waals surface area contributed by atoms with Crippen LogP contribution in [-0.4, -0.2) is 17.1 Å².